The SMILES string of the molecule is CCOC(=O)[C@@H]1[C@H]2C(=O)N(CCCCCO)C(C(=O)Nc3ccc(N(CC)CC)cc3)C23CC[C@H]1O3. The zero-order valence-electron chi connectivity index (χ0n) is 21.6. The first kappa shape index (κ1) is 26.4. The molecule has 0 saturated carbocycles. The van der Waals surface area contributed by atoms with E-state index < -0.39 is 35.6 Å². The molecular weight excluding hydrogens is 462 g/mol. The number of esters is 1. The van der Waals surface area contributed by atoms with Crippen LogP contribution in [0.4, 0.5) is 11.4 Å². The molecule has 4 rings (SSSR count). The topological polar surface area (TPSA) is 108 Å². The van der Waals surface area contributed by atoms with Crippen LogP contribution < -0.4 is 10.2 Å². The standard InChI is InChI=1S/C27H39N3O6/c1-4-29(5-2)19-12-10-18(11-13-19)28-24(32)23-27-15-14-20(36-27)21(26(34)35-6-3)22(27)25(33)30(23)16-8-7-9-17-31/h10-13,20-23,31H,4-9,14-17H2,1-3H3,(H,28,32)/t20-,21+,22+,23?,27?/m1/s1. The second-order valence-electron chi connectivity index (χ2n) is 9.83. The molecule has 3 fully saturated rings. The summed E-state index contributed by atoms with van der Waals surface area (Å²) in [5.74, 6) is -2.33. The van der Waals surface area contributed by atoms with Gasteiger partial charge in [-0.25, -0.2) is 0 Å². The van der Waals surface area contributed by atoms with Gasteiger partial charge in [0, 0.05) is 37.6 Å². The summed E-state index contributed by atoms with van der Waals surface area (Å²) in [6.45, 7) is 8.41. The van der Waals surface area contributed by atoms with Crippen molar-refractivity contribution < 1.29 is 29.0 Å². The summed E-state index contributed by atoms with van der Waals surface area (Å²) in [7, 11) is 0. The van der Waals surface area contributed by atoms with E-state index in [0.717, 1.165) is 25.2 Å². The molecule has 9 heteroatoms. The molecule has 3 heterocycles. The van der Waals surface area contributed by atoms with Crippen LogP contribution in [0.5, 0.6) is 0 Å². The molecule has 2 N–H and O–H groups in total. The Morgan fingerprint density at radius 1 is 1.17 bits per heavy atom. The quantitative estimate of drug-likeness (QED) is 0.335. The van der Waals surface area contributed by atoms with E-state index in [-0.39, 0.29) is 25.0 Å². The molecule has 2 unspecified atom stereocenters. The van der Waals surface area contributed by atoms with Crippen molar-refractivity contribution in [3.8, 4) is 0 Å². The van der Waals surface area contributed by atoms with Crippen LogP contribution in [0.15, 0.2) is 24.3 Å². The molecule has 0 radical (unpaired) electrons. The molecule has 0 aromatic heterocycles. The van der Waals surface area contributed by atoms with E-state index >= 15 is 0 Å². The molecule has 2 amide bonds. The van der Waals surface area contributed by atoms with Gasteiger partial charge in [-0.15, -0.1) is 0 Å². The molecular formula is C27H39N3O6. The predicted molar refractivity (Wildman–Crippen MR) is 136 cm³/mol. The Hall–Kier alpha value is -2.65. The summed E-state index contributed by atoms with van der Waals surface area (Å²) in [5.41, 5.74) is 0.702. The van der Waals surface area contributed by atoms with E-state index in [9.17, 15) is 14.4 Å². The number of aliphatic hydroxyl groups excluding tert-OH is 1. The van der Waals surface area contributed by atoms with Gasteiger partial charge in [0.1, 0.15) is 11.6 Å². The first-order valence-electron chi connectivity index (χ1n) is 13.3. The maximum atomic E-state index is 13.8. The molecule has 1 aromatic carbocycles. The van der Waals surface area contributed by atoms with Crippen molar-refractivity contribution >= 4 is 29.2 Å². The number of hydrogen-bond donors (Lipinski definition) is 2. The minimum absolute atomic E-state index is 0.0869. The summed E-state index contributed by atoms with van der Waals surface area (Å²) in [4.78, 5) is 44.1. The number of fused-ring (bicyclic) bond motifs is 1. The lowest BCUT2D eigenvalue weighted by molar-refractivity contribution is -0.154. The number of nitrogens with one attached hydrogen (secondary N) is 1. The number of carbonyl (C=O) groups is 3. The molecule has 2 bridgehead atoms. The molecule has 3 aliphatic heterocycles. The van der Waals surface area contributed by atoms with Gasteiger partial charge in [-0.2, -0.15) is 0 Å². The van der Waals surface area contributed by atoms with Crippen molar-refractivity contribution in [2.75, 3.05) is 43.1 Å². The smallest absolute Gasteiger partial charge is 0.312 e. The third kappa shape index (κ3) is 4.59. The van der Waals surface area contributed by atoms with E-state index in [4.69, 9.17) is 14.6 Å². The number of hydrogen-bond acceptors (Lipinski definition) is 7. The number of rotatable bonds is 12. The Labute approximate surface area is 213 Å². The summed E-state index contributed by atoms with van der Waals surface area (Å²) in [5, 5.41) is 12.2. The maximum Gasteiger partial charge on any atom is 0.312 e. The molecule has 3 aliphatic rings. The molecule has 9 nitrogen and oxygen atoms in total. The van der Waals surface area contributed by atoms with E-state index in [1.165, 1.54) is 0 Å². The third-order valence-corrected chi connectivity index (χ3v) is 7.93. The van der Waals surface area contributed by atoms with Crippen molar-refractivity contribution in [1.29, 1.82) is 0 Å². The van der Waals surface area contributed by atoms with Crippen LogP contribution in [-0.4, -0.2) is 78.4 Å². The number of amides is 2. The fraction of sp³-hybridized carbons (Fsp3) is 0.667. The first-order valence-corrected chi connectivity index (χ1v) is 13.3. The van der Waals surface area contributed by atoms with Crippen LogP contribution in [0.1, 0.15) is 52.9 Å². The molecule has 5 atom stereocenters. The zero-order valence-corrected chi connectivity index (χ0v) is 21.6. The highest BCUT2D eigenvalue weighted by atomic mass is 16.6. The Bertz CT molecular complexity index is 949. The van der Waals surface area contributed by atoms with Crippen LogP contribution in [0.3, 0.4) is 0 Å². The van der Waals surface area contributed by atoms with Crippen LogP contribution in [-0.2, 0) is 23.9 Å². The molecule has 1 spiro atoms. The molecule has 1 aromatic rings. The number of carbonyl (C=O) groups excluding carboxylic acids is 3. The highest BCUT2D eigenvalue weighted by molar-refractivity contribution is 6.03. The lowest BCUT2D eigenvalue weighted by atomic mass is 9.71. The van der Waals surface area contributed by atoms with Gasteiger partial charge in [-0.05, 0) is 77.1 Å². The highest BCUT2D eigenvalue weighted by Crippen LogP contribution is 2.58. The van der Waals surface area contributed by atoms with Crippen molar-refractivity contribution in [3.05, 3.63) is 24.3 Å². The predicted octanol–water partition coefficient (Wildman–Crippen LogP) is 2.57. The van der Waals surface area contributed by atoms with Gasteiger partial charge < -0.3 is 29.7 Å². The average Bonchev–Trinajstić information content (AvgIpc) is 3.51. The van der Waals surface area contributed by atoms with Gasteiger partial charge in [0.05, 0.1) is 24.5 Å². The van der Waals surface area contributed by atoms with Crippen LogP contribution in [0.2, 0.25) is 0 Å². The lowest BCUT2D eigenvalue weighted by Crippen LogP contribution is -2.53. The number of nitrogens with zero attached hydrogens (tertiary/aromatic N) is 2. The van der Waals surface area contributed by atoms with E-state index in [1.807, 2.05) is 24.3 Å². The van der Waals surface area contributed by atoms with Gasteiger partial charge in [-0.1, -0.05) is 0 Å². The summed E-state index contributed by atoms with van der Waals surface area (Å²) >= 11 is 0. The lowest BCUT2D eigenvalue weighted by Gasteiger charge is -2.33. The number of ether oxygens (including phenoxy) is 2. The largest absolute Gasteiger partial charge is 0.466 e. The van der Waals surface area contributed by atoms with Gasteiger partial charge in [-0.3, -0.25) is 14.4 Å². The fourth-order valence-corrected chi connectivity index (χ4v) is 6.33. The Kier molecular flexibility index (Phi) is 8.20. The van der Waals surface area contributed by atoms with Crippen molar-refractivity contribution in [2.24, 2.45) is 11.8 Å². The first-order chi connectivity index (χ1) is 17.4. The van der Waals surface area contributed by atoms with Gasteiger partial charge in [0.15, 0.2) is 0 Å². The average molecular weight is 502 g/mol. The maximum absolute atomic E-state index is 13.8. The third-order valence-electron chi connectivity index (χ3n) is 7.93. The van der Waals surface area contributed by atoms with E-state index in [2.05, 4.69) is 24.1 Å². The molecule has 36 heavy (non-hydrogen) atoms. The molecule has 0 aliphatic carbocycles. The van der Waals surface area contributed by atoms with Gasteiger partial charge in [0.25, 0.3) is 0 Å². The minimum Gasteiger partial charge on any atom is -0.466 e. The number of unbranched alkanes of at least 4 members (excludes halogenated alkanes) is 2. The van der Waals surface area contributed by atoms with Crippen molar-refractivity contribution in [2.45, 2.75) is 70.6 Å². The summed E-state index contributed by atoms with van der Waals surface area (Å²) in [6, 6.07) is 6.88. The number of likely N-dealkylation sites (tertiary alicyclic amines) is 1. The zero-order chi connectivity index (χ0) is 25.9. The molecule has 198 valence electrons. The normalized spacial score (nSPS) is 28.3. The Morgan fingerprint density at radius 3 is 2.53 bits per heavy atom. The second-order valence-corrected chi connectivity index (χ2v) is 9.83. The van der Waals surface area contributed by atoms with Crippen molar-refractivity contribution in [1.82, 2.24) is 4.90 Å². The minimum atomic E-state index is -1.03. The van der Waals surface area contributed by atoms with E-state index in [1.54, 1.807) is 11.8 Å². The van der Waals surface area contributed by atoms with Crippen LogP contribution in [0.25, 0.3) is 0 Å². The van der Waals surface area contributed by atoms with Crippen LogP contribution in [0, 0.1) is 11.8 Å². The number of benzene rings is 1. The van der Waals surface area contributed by atoms with Crippen LogP contribution >= 0.6 is 0 Å². The van der Waals surface area contributed by atoms with Gasteiger partial charge >= 0.3 is 5.97 Å². The monoisotopic (exact) mass is 501 g/mol. The van der Waals surface area contributed by atoms with E-state index in [0.29, 0.717) is 37.9 Å². The summed E-state index contributed by atoms with van der Waals surface area (Å²) < 4.78 is 11.7. The highest BCUT2D eigenvalue weighted by Gasteiger charge is 2.74. The Balaban J connectivity index is 1.59. The number of aliphatic hydroxyl groups is 1. The van der Waals surface area contributed by atoms with Crippen molar-refractivity contribution in [3.63, 3.8) is 0 Å². The fourth-order valence-electron chi connectivity index (χ4n) is 6.33. The summed E-state index contributed by atoms with van der Waals surface area (Å²) in [6.07, 6.45) is 2.80. The van der Waals surface area contributed by atoms with Gasteiger partial charge in [0.2, 0.25) is 11.8 Å². The Morgan fingerprint density at radius 2 is 1.89 bits per heavy atom. The molecule has 3 saturated heterocycles. The number of anilines is 2. The second kappa shape index (κ2) is 11.2.